The van der Waals surface area contributed by atoms with Crippen LogP contribution in [0.2, 0.25) is 0 Å². The van der Waals surface area contributed by atoms with Crippen LogP contribution in [0.4, 0.5) is 5.69 Å². The summed E-state index contributed by atoms with van der Waals surface area (Å²) in [6.07, 6.45) is 0. The summed E-state index contributed by atoms with van der Waals surface area (Å²) in [4.78, 5) is 10.8. The van der Waals surface area contributed by atoms with Crippen LogP contribution in [0, 0.1) is 0 Å². The van der Waals surface area contributed by atoms with Crippen molar-refractivity contribution in [3.05, 3.63) is 35.4 Å². The van der Waals surface area contributed by atoms with Crippen LogP contribution in [-0.2, 0) is 10.0 Å². The zero-order valence-electron chi connectivity index (χ0n) is 9.31. The highest BCUT2D eigenvalue weighted by atomic mass is 35.5. The van der Waals surface area contributed by atoms with Gasteiger partial charge in [-0.25, -0.2) is 13.1 Å². The number of primary amides is 1. The number of carbonyl (C=O) groups is 1. The molecule has 0 unspecified atom stereocenters. The molecular weight excluding hydrogens is 278 g/mol. The third-order valence-corrected chi connectivity index (χ3v) is 3.65. The lowest BCUT2D eigenvalue weighted by atomic mass is 10.2. The van der Waals surface area contributed by atoms with Crippen molar-refractivity contribution >= 4 is 33.2 Å². The van der Waals surface area contributed by atoms with Crippen molar-refractivity contribution in [1.29, 1.82) is 0 Å². The maximum absolute atomic E-state index is 11.8. The smallest absolute Gasteiger partial charge is 0.248 e. The summed E-state index contributed by atoms with van der Waals surface area (Å²) in [5.74, 6) is -0.687. The second-order valence-electron chi connectivity index (χ2n) is 3.46. The highest BCUT2D eigenvalue weighted by Gasteiger charge is 2.18. The molecule has 0 saturated carbocycles. The molecule has 6 nitrogen and oxygen atoms in total. The van der Waals surface area contributed by atoms with Crippen LogP contribution in [0.1, 0.15) is 10.4 Å². The molecule has 0 heterocycles. The second kappa shape index (κ2) is 5.38. The molecule has 1 aromatic rings. The van der Waals surface area contributed by atoms with Crippen LogP contribution < -0.4 is 16.2 Å². The van der Waals surface area contributed by atoms with Gasteiger partial charge in [0.2, 0.25) is 15.9 Å². The summed E-state index contributed by atoms with van der Waals surface area (Å²) in [5.41, 5.74) is 10.7. The topological polar surface area (TPSA) is 115 Å². The van der Waals surface area contributed by atoms with E-state index in [-0.39, 0.29) is 27.7 Å². The van der Waals surface area contributed by atoms with Gasteiger partial charge in [0, 0.05) is 17.1 Å². The molecule has 8 heteroatoms. The molecule has 0 spiro atoms. The van der Waals surface area contributed by atoms with Gasteiger partial charge in [-0.1, -0.05) is 18.2 Å². The van der Waals surface area contributed by atoms with E-state index in [4.69, 9.17) is 23.1 Å². The Kier molecular flexibility index (Phi) is 4.33. The summed E-state index contributed by atoms with van der Waals surface area (Å²) < 4.78 is 25.9. The second-order valence-corrected chi connectivity index (χ2v) is 5.73. The van der Waals surface area contributed by atoms with E-state index in [2.05, 4.69) is 11.3 Å². The van der Waals surface area contributed by atoms with Gasteiger partial charge >= 0.3 is 0 Å². The lowest BCUT2D eigenvalue weighted by Crippen LogP contribution is -2.26. The van der Waals surface area contributed by atoms with Crippen molar-refractivity contribution < 1.29 is 13.2 Å². The van der Waals surface area contributed by atoms with Crippen molar-refractivity contribution in [3.8, 4) is 0 Å². The van der Waals surface area contributed by atoms with Crippen LogP contribution in [0.15, 0.2) is 34.7 Å². The molecule has 0 bridgehead atoms. The predicted octanol–water partition coefficient (Wildman–Crippen LogP) is 0.399. The molecular formula is C10H12ClN3O3S. The normalized spacial score (nSPS) is 11.2. The van der Waals surface area contributed by atoms with Gasteiger partial charge in [-0.15, -0.1) is 0 Å². The summed E-state index contributed by atoms with van der Waals surface area (Å²) in [7, 11) is -3.80. The molecule has 1 amide bonds. The van der Waals surface area contributed by atoms with Crippen LogP contribution in [0.5, 0.6) is 0 Å². The molecule has 0 aromatic heterocycles. The average molecular weight is 290 g/mol. The minimum Gasteiger partial charge on any atom is -0.398 e. The van der Waals surface area contributed by atoms with Crippen molar-refractivity contribution in [1.82, 2.24) is 4.72 Å². The molecule has 0 aliphatic heterocycles. The molecule has 0 saturated heterocycles. The molecule has 0 aliphatic carbocycles. The quantitative estimate of drug-likeness (QED) is 0.680. The lowest BCUT2D eigenvalue weighted by Gasteiger charge is -2.09. The Hall–Kier alpha value is -1.57. The molecule has 18 heavy (non-hydrogen) atoms. The average Bonchev–Trinajstić information content (AvgIpc) is 2.26. The minimum atomic E-state index is -3.80. The number of sulfonamides is 1. The molecule has 5 N–H and O–H groups in total. The Morgan fingerprint density at radius 3 is 2.50 bits per heavy atom. The van der Waals surface area contributed by atoms with E-state index < -0.39 is 15.9 Å². The first-order valence-corrected chi connectivity index (χ1v) is 6.62. The Balaban J connectivity index is 3.10. The molecule has 1 rings (SSSR count). The fourth-order valence-corrected chi connectivity index (χ4v) is 2.48. The molecule has 0 aliphatic rings. The molecule has 98 valence electrons. The first-order valence-electron chi connectivity index (χ1n) is 4.76. The van der Waals surface area contributed by atoms with Crippen molar-refractivity contribution in [2.75, 3.05) is 12.3 Å². The van der Waals surface area contributed by atoms with Crippen LogP contribution in [-0.4, -0.2) is 20.9 Å². The van der Waals surface area contributed by atoms with Gasteiger partial charge in [-0.2, -0.15) is 0 Å². The predicted molar refractivity (Wildman–Crippen MR) is 69.6 cm³/mol. The number of benzene rings is 1. The fraction of sp³-hybridized carbons (Fsp3) is 0.100. The van der Waals surface area contributed by atoms with Crippen LogP contribution in [0.25, 0.3) is 0 Å². The van der Waals surface area contributed by atoms with E-state index in [1.54, 1.807) is 0 Å². The third kappa shape index (κ3) is 3.46. The van der Waals surface area contributed by atoms with Gasteiger partial charge in [0.1, 0.15) is 4.90 Å². The number of nitrogens with one attached hydrogen (secondary N) is 1. The summed E-state index contributed by atoms with van der Waals surface area (Å²) in [6, 6.07) is 3.68. The number of hydrogen-bond donors (Lipinski definition) is 3. The number of amides is 1. The maximum atomic E-state index is 11.8. The van der Waals surface area contributed by atoms with E-state index in [1.807, 2.05) is 0 Å². The first-order chi connectivity index (χ1) is 8.24. The van der Waals surface area contributed by atoms with Gasteiger partial charge in [0.15, 0.2) is 0 Å². The van der Waals surface area contributed by atoms with E-state index in [9.17, 15) is 13.2 Å². The maximum Gasteiger partial charge on any atom is 0.248 e. The van der Waals surface area contributed by atoms with Gasteiger partial charge in [0.25, 0.3) is 0 Å². The zero-order valence-corrected chi connectivity index (χ0v) is 10.9. The minimum absolute atomic E-state index is 0.0704. The van der Waals surface area contributed by atoms with Gasteiger partial charge < -0.3 is 11.5 Å². The number of rotatable bonds is 5. The van der Waals surface area contributed by atoms with Crippen LogP contribution in [0.3, 0.4) is 0 Å². The molecule has 0 atom stereocenters. The van der Waals surface area contributed by atoms with E-state index in [0.717, 1.165) is 0 Å². The van der Waals surface area contributed by atoms with Gasteiger partial charge in [0.05, 0.1) is 5.69 Å². The molecule has 1 aromatic carbocycles. The lowest BCUT2D eigenvalue weighted by molar-refractivity contribution is 0.1000. The Labute approximate surface area is 110 Å². The van der Waals surface area contributed by atoms with E-state index in [0.29, 0.717) is 0 Å². The number of nitrogen functional groups attached to an aromatic ring is 1. The van der Waals surface area contributed by atoms with E-state index in [1.165, 1.54) is 18.2 Å². The number of hydrogen-bond acceptors (Lipinski definition) is 4. The monoisotopic (exact) mass is 289 g/mol. The fourth-order valence-electron chi connectivity index (χ4n) is 1.20. The number of anilines is 1. The van der Waals surface area contributed by atoms with Crippen LogP contribution >= 0.6 is 11.6 Å². The van der Waals surface area contributed by atoms with Gasteiger partial charge in [-0.05, 0) is 18.2 Å². The summed E-state index contributed by atoms with van der Waals surface area (Å²) >= 11 is 5.46. The zero-order chi connectivity index (χ0) is 13.9. The summed E-state index contributed by atoms with van der Waals surface area (Å²) in [5, 5.41) is 0.144. The Bertz CT molecular complexity index is 598. The number of carbonyl (C=O) groups excluding carboxylic acids is 1. The molecule has 0 radical (unpaired) electrons. The number of nitrogens with two attached hydrogens (primary N) is 2. The Morgan fingerprint density at radius 2 is 2.06 bits per heavy atom. The first kappa shape index (κ1) is 14.5. The highest BCUT2D eigenvalue weighted by molar-refractivity contribution is 7.89. The SMILES string of the molecule is C=C(Cl)CNS(=O)(=O)c1ccc(C(N)=O)cc1N. The standard InChI is InChI=1S/C10H12ClN3O3S/c1-6(11)5-14-18(16,17)9-3-2-7(10(13)15)4-8(9)12/h2-4,14H,1,5,12H2,(H2,13,15). The highest BCUT2D eigenvalue weighted by Crippen LogP contribution is 2.19. The number of halogens is 1. The van der Waals surface area contributed by atoms with Crippen molar-refractivity contribution in [2.24, 2.45) is 5.73 Å². The van der Waals surface area contributed by atoms with Crippen molar-refractivity contribution in [2.45, 2.75) is 4.90 Å². The third-order valence-electron chi connectivity index (χ3n) is 2.04. The molecule has 0 fully saturated rings. The van der Waals surface area contributed by atoms with Gasteiger partial charge in [-0.3, -0.25) is 4.79 Å². The van der Waals surface area contributed by atoms with E-state index >= 15 is 0 Å². The van der Waals surface area contributed by atoms with Crippen molar-refractivity contribution in [3.63, 3.8) is 0 Å². The largest absolute Gasteiger partial charge is 0.398 e. The Morgan fingerprint density at radius 1 is 1.44 bits per heavy atom. The summed E-state index contributed by atoms with van der Waals surface area (Å²) in [6.45, 7) is 3.25.